The quantitative estimate of drug-likeness (QED) is 0.769. The lowest BCUT2D eigenvalue weighted by Gasteiger charge is -2.14. The fraction of sp³-hybridized carbons (Fsp3) is 0.278. The first-order valence-corrected chi connectivity index (χ1v) is 8.28. The number of nitrogens with zero attached hydrogens (tertiary/aromatic N) is 3. The minimum Gasteiger partial charge on any atom is -0.360 e. The largest absolute Gasteiger partial charge is 0.360 e. The molecule has 0 bridgehead atoms. The van der Waals surface area contributed by atoms with Gasteiger partial charge in [0.1, 0.15) is 17.0 Å². The highest BCUT2D eigenvalue weighted by Gasteiger charge is 2.25. The second kappa shape index (κ2) is 6.72. The van der Waals surface area contributed by atoms with Crippen LogP contribution in [0.3, 0.4) is 0 Å². The number of amides is 1. The molecule has 6 nitrogen and oxygen atoms in total. The minimum atomic E-state index is -0.260. The van der Waals surface area contributed by atoms with E-state index >= 15 is 0 Å². The number of benzene rings is 1. The number of aryl methyl sites for hydroxylation is 2. The Morgan fingerprint density at radius 3 is 2.68 bits per heavy atom. The maximum Gasteiger partial charge on any atom is 0.257 e. The van der Waals surface area contributed by atoms with Gasteiger partial charge in [-0.1, -0.05) is 35.0 Å². The Hall–Kier alpha value is -2.60. The van der Waals surface area contributed by atoms with Crippen molar-refractivity contribution in [2.75, 3.05) is 0 Å². The Kier molecular flexibility index (Phi) is 4.63. The van der Waals surface area contributed by atoms with Crippen molar-refractivity contribution < 1.29 is 9.32 Å². The summed E-state index contributed by atoms with van der Waals surface area (Å²) in [5.41, 5.74) is 3.46. The molecule has 0 aliphatic heterocycles. The molecular weight excluding hydrogens is 340 g/mol. The molecule has 0 aliphatic carbocycles. The van der Waals surface area contributed by atoms with E-state index in [1.807, 2.05) is 39.1 Å². The summed E-state index contributed by atoms with van der Waals surface area (Å²) >= 11 is 6.25. The van der Waals surface area contributed by atoms with Crippen LogP contribution in [0.4, 0.5) is 0 Å². The number of halogens is 1. The summed E-state index contributed by atoms with van der Waals surface area (Å²) in [5.74, 6) is 0.187. The van der Waals surface area contributed by atoms with Gasteiger partial charge in [0.15, 0.2) is 0 Å². The average Bonchev–Trinajstić information content (AvgIpc) is 3.11. The van der Waals surface area contributed by atoms with Crippen LogP contribution >= 0.6 is 11.6 Å². The third-order valence-electron chi connectivity index (χ3n) is 4.31. The van der Waals surface area contributed by atoms with Gasteiger partial charge in [0.2, 0.25) is 0 Å². The summed E-state index contributed by atoms with van der Waals surface area (Å²) in [6.45, 7) is 5.59. The van der Waals surface area contributed by atoms with Crippen LogP contribution in [0, 0.1) is 13.8 Å². The van der Waals surface area contributed by atoms with E-state index in [-0.39, 0.29) is 11.9 Å². The molecule has 1 amide bonds. The third-order valence-corrected chi connectivity index (χ3v) is 4.64. The van der Waals surface area contributed by atoms with E-state index in [0.29, 0.717) is 27.6 Å². The molecule has 25 heavy (non-hydrogen) atoms. The predicted molar refractivity (Wildman–Crippen MR) is 95.5 cm³/mol. The van der Waals surface area contributed by atoms with Crippen LogP contribution in [0.5, 0.6) is 0 Å². The molecule has 1 aromatic carbocycles. The van der Waals surface area contributed by atoms with Crippen molar-refractivity contribution in [3.05, 3.63) is 58.1 Å². The number of aromatic nitrogens is 3. The maximum atomic E-state index is 12.9. The molecule has 3 rings (SSSR count). The third kappa shape index (κ3) is 3.17. The molecule has 130 valence electrons. The molecule has 0 unspecified atom stereocenters. The fourth-order valence-electron chi connectivity index (χ4n) is 2.76. The predicted octanol–water partition coefficient (Wildman–Crippen LogP) is 3.84. The van der Waals surface area contributed by atoms with Crippen LogP contribution in [-0.4, -0.2) is 20.8 Å². The molecule has 3 aromatic rings. The smallest absolute Gasteiger partial charge is 0.257 e. The Bertz CT molecular complexity index is 929. The molecular formula is C18H19ClN4O2. The van der Waals surface area contributed by atoms with Gasteiger partial charge < -0.3 is 9.84 Å². The number of hydrogen-bond acceptors (Lipinski definition) is 4. The van der Waals surface area contributed by atoms with Crippen molar-refractivity contribution >= 4 is 17.5 Å². The number of nitrogens with one attached hydrogen (secondary N) is 1. The van der Waals surface area contributed by atoms with Gasteiger partial charge in [-0.2, -0.15) is 5.10 Å². The molecule has 0 fully saturated rings. The van der Waals surface area contributed by atoms with E-state index in [0.717, 1.165) is 11.3 Å². The highest BCUT2D eigenvalue weighted by atomic mass is 35.5. The van der Waals surface area contributed by atoms with Crippen LogP contribution < -0.4 is 5.32 Å². The van der Waals surface area contributed by atoms with Crippen LogP contribution in [-0.2, 0) is 7.05 Å². The molecule has 1 N–H and O–H groups in total. The zero-order valence-electron chi connectivity index (χ0n) is 14.5. The normalized spacial score (nSPS) is 12.2. The molecule has 0 aliphatic rings. The molecule has 0 spiro atoms. The second-order valence-electron chi connectivity index (χ2n) is 5.95. The van der Waals surface area contributed by atoms with Crippen molar-refractivity contribution in [1.29, 1.82) is 0 Å². The van der Waals surface area contributed by atoms with E-state index in [4.69, 9.17) is 16.1 Å². The first-order valence-electron chi connectivity index (χ1n) is 7.90. The average molecular weight is 359 g/mol. The number of hydrogen-bond donors (Lipinski definition) is 1. The summed E-state index contributed by atoms with van der Waals surface area (Å²) in [6, 6.07) is 7.03. The highest BCUT2D eigenvalue weighted by Crippen LogP contribution is 2.31. The fourth-order valence-corrected chi connectivity index (χ4v) is 2.99. The van der Waals surface area contributed by atoms with Crippen molar-refractivity contribution in [3.8, 4) is 11.3 Å². The van der Waals surface area contributed by atoms with E-state index in [1.165, 1.54) is 0 Å². The lowest BCUT2D eigenvalue weighted by Crippen LogP contribution is -2.27. The first-order chi connectivity index (χ1) is 11.9. The van der Waals surface area contributed by atoms with Gasteiger partial charge in [-0.15, -0.1) is 0 Å². The topological polar surface area (TPSA) is 73.0 Å². The van der Waals surface area contributed by atoms with Gasteiger partial charge in [0.25, 0.3) is 5.91 Å². The maximum absolute atomic E-state index is 12.9. The number of rotatable bonds is 4. The summed E-state index contributed by atoms with van der Waals surface area (Å²) in [4.78, 5) is 12.9. The van der Waals surface area contributed by atoms with E-state index in [2.05, 4.69) is 15.6 Å². The molecule has 2 heterocycles. The Morgan fingerprint density at radius 2 is 2.04 bits per heavy atom. The standard InChI is InChI=1S/C18H19ClN4O2/c1-10(14-9-20-23(4)11(14)2)21-18(24)16-12(3)25-22-17(16)13-7-5-6-8-15(13)19/h5-10H,1-4H3,(H,21,24)/t10-/m0/s1. The van der Waals surface area contributed by atoms with Crippen LogP contribution in [0.1, 0.15) is 40.3 Å². The van der Waals surface area contributed by atoms with Crippen LogP contribution in [0.2, 0.25) is 5.02 Å². The number of carbonyl (C=O) groups is 1. The van der Waals surface area contributed by atoms with Crippen LogP contribution in [0.25, 0.3) is 11.3 Å². The van der Waals surface area contributed by atoms with Gasteiger partial charge >= 0.3 is 0 Å². The Balaban J connectivity index is 1.92. The van der Waals surface area contributed by atoms with Gasteiger partial charge in [-0.05, 0) is 26.8 Å². The first kappa shape index (κ1) is 17.2. The molecule has 7 heteroatoms. The molecule has 2 aromatic heterocycles. The van der Waals surface area contributed by atoms with Crippen molar-refractivity contribution in [1.82, 2.24) is 20.3 Å². The highest BCUT2D eigenvalue weighted by molar-refractivity contribution is 6.33. The van der Waals surface area contributed by atoms with Crippen molar-refractivity contribution in [2.24, 2.45) is 7.05 Å². The monoisotopic (exact) mass is 358 g/mol. The molecule has 0 saturated carbocycles. The zero-order valence-corrected chi connectivity index (χ0v) is 15.3. The summed E-state index contributed by atoms with van der Waals surface area (Å²) in [6.07, 6.45) is 1.76. The van der Waals surface area contributed by atoms with E-state index in [9.17, 15) is 4.79 Å². The van der Waals surface area contributed by atoms with Gasteiger partial charge in [-0.25, -0.2) is 0 Å². The lowest BCUT2D eigenvalue weighted by atomic mass is 10.0. The van der Waals surface area contributed by atoms with Crippen LogP contribution in [0.15, 0.2) is 35.0 Å². The van der Waals surface area contributed by atoms with E-state index < -0.39 is 0 Å². The van der Waals surface area contributed by atoms with E-state index in [1.54, 1.807) is 23.9 Å². The molecule has 1 atom stereocenters. The lowest BCUT2D eigenvalue weighted by molar-refractivity contribution is 0.0939. The van der Waals surface area contributed by atoms with Gasteiger partial charge in [-0.3, -0.25) is 9.48 Å². The van der Waals surface area contributed by atoms with Gasteiger partial charge in [0.05, 0.1) is 17.3 Å². The number of carbonyl (C=O) groups excluding carboxylic acids is 1. The zero-order chi connectivity index (χ0) is 18.1. The second-order valence-corrected chi connectivity index (χ2v) is 6.35. The minimum absolute atomic E-state index is 0.199. The Morgan fingerprint density at radius 1 is 1.32 bits per heavy atom. The Labute approximate surface area is 150 Å². The van der Waals surface area contributed by atoms with Gasteiger partial charge in [0, 0.05) is 23.9 Å². The summed E-state index contributed by atoms with van der Waals surface area (Å²) in [7, 11) is 1.87. The van der Waals surface area contributed by atoms with Crippen molar-refractivity contribution in [2.45, 2.75) is 26.8 Å². The SMILES string of the molecule is Cc1onc(-c2ccccc2Cl)c1C(=O)N[C@@H](C)c1cnn(C)c1C. The molecule has 0 saturated heterocycles. The molecule has 0 radical (unpaired) electrons. The summed E-state index contributed by atoms with van der Waals surface area (Å²) in [5, 5.41) is 11.8. The summed E-state index contributed by atoms with van der Waals surface area (Å²) < 4.78 is 7.03. The van der Waals surface area contributed by atoms with Crippen molar-refractivity contribution in [3.63, 3.8) is 0 Å².